The largest absolute Gasteiger partial charge is 0.483 e. The molecule has 2 heterocycles. The third-order valence-electron chi connectivity index (χ3n) is 4.01. The molecule has 0 radical (unpaired) electrons. The van der Waals surface area contributed by atoms with E-state index < -0.39 is 29.4 Å². The molecule has 0 spiro atoms. The van der Waals surface area contributed by atoms with Crippen molar-refractivity contribution in [2.24, 2.45) is 0 Å². The van der Waals surface area contributed by atoms with E-state index >= 15 is 0 Å². The maximum absolute atomic E-state index is 11.9. The van der Waals surface area contributed by atoms with Crippen LogP contribution in [0.2, 0.25) is 0 Å². The van der Waals surface area contributed by atoms with Crippen LogP contribution in [-0.4, -0.2) is 22.8 Å². The van der Waals surface area contributed by atoms with E-state index in [0.717, 1.165) is 0 Å². The Kier molecular flexibility index (Phi) is 3.72. The zero-order valence-electron chi connectivity index (χ0n) is 13.7. The lowest BCUT2D eigenvalue weighted by Gasteiger charge is -2.42. The Hall–Kier alpha value is -2.60. The van der Waals surface area contributed by atoms with Gasteiger partial charge in [-0.25, -0.2) is 9.59 Å². The van der Waals surface area contributed by atoms with Crippen molar-refractivity contribution < 1.29 is 23.8 Å². The molecule has 0 amide bonds. The highest BCUT2D eigenvalue weighted by molar-refractivity contribution is 5.87. The number of hydrogen-bond acceptors (Lipinski definition) is 6. The van der Waals surface area contributed by atoms with E-state index in [1.165, 1.54) is 13.0 Å². The number of esters is 1. The molecule has 0 fully saturated rings. The van der Waals surface area contributed by atoms with Gasteiger partial charge in [0.15, 0.2) is 6.10 Å². The van der Waals surface area contributed by atoms with Crippen LogP contribution in [0.15, 0.2) is 45.6 Å². The zero-order chi connectivity index (χ0) is 17.6. The third-order valence-corrected chi connectivity index (χ3v) is 4.01. The van der Waals surface area contributed by atoms with Gasteiger partial charge in [0.05, 0.1) is 5.56 Å². The minimum Gasteiger partial charge on any atom is -0.483 e. The molecule has 6 nitrogen and oxygen atoms in total. The van der Waals surface area contributed by atoms with Gasteiger partial charge in [0.2, 0.25) is 0 Å². The van der Waals surface area contributed by atoms with Crippen molar-refractivity contribution in [2.45, 2.75) is 38.6 Å². The minimum absolute atomic E-state index is 0.216. The predicted octanol–water partition coefficient (Wildman–Crippen LogP) is 2.49. The number of rotatable bonds is 2. The first-order valence-corrected chi connectivity index (χ1v) is 7.51. The second kappa shape index (κ2) is 5.49. The van der Waals surface area contributed by atoms with Gasteiger partial charge in [-0.1, -0.05) is 6.58 Å². The molecule has 1 aromatic carbocycles. The molecule has 24 heavy (non-hydrogen) atoms. The molecule has 1 aromatic heterocycles. The van der Waals surface area contributed by atoms with Crippen LogP contribution in [0.4, 0.5) is 0 Å². The predicted molar refractivity (Wildman–Crippen MR) is 86.8 cm³/mol. The highest BCUT2D eigenvalue weighted by Gasteiger charge is 2.47. The number of carbonyl (C=O) groups excluding carboxylic acids is 1. The van der Waals surface area contributed by atoms with Gasteiger partial charge in [-0.05, 0) is 39.0 Å². The van der Waals surface area contributed by atoms with Gasteiger partial charge in [-0.15, -0.1) is 0 Å². The molecule has 1 N–H and O–H groups in total. The number of fused-ring (bicyclic) bond motifs is 3. The fourth-order valence-corrected chi connectivity index (χ4v) is 2.80. The summed E-state index contributed by atoms with van der Waals surface area (Å²) in [6.45, 7) is 8.48. The first-order chi connectivity index (χ1) is 11.2. The summed E-state index contributed by atoms with van der Waals surface area (Å²) in [4.78, 5) is 23.5. The summed E-state index contributed by atoms with van der Waals surface area (Å²) in [6.07, 6.45) is -2.19. The molecular formula is C18H18O6. The van der Waals surface area contributed by atoms with Gasteiger partial charge in [-0.3, -0.25) is 0 Å². The van der Waals surface area contributed by atoms with Crippen LogP contribution >= 0.6 is 0 Å². The van der Waals surface area contributed by atoms with Gasteiger partial charge in [-0.2, -0.15) is 0 Å². The van der Waals surface area contributed by atoms with Crippen LogP contribution in [0.3, 0.4) is 0 Å². The average molecular weight is 330 g/mol. The molecule has 1 aliphatic rings. The van der Waals surface area contributed by atoms with Crippen molar-refractivity contribution in [1.29, 1.82) is 0 Å². The molecule has 6 heteroatoms. The normalized spacial score (nSPS) is 21.7. The highest BCUT2D eigenvalue weighted by Crippen LogP contribution is 2.44. The maximum Gasteiger partial charge on any atom is 0.336 e. The van der Waals surface area contributed by atoms with Gasteiger partial charge < -0.3 is 19.0 Å². The molecule has 2 aromatic rings. The Morgan fingerprint density at radius 2 is 1.96 bits per heavy atom. The van der Waals surface area contributed by atoms with E-state index in [-0.39, 0.29) is 11.2 Å². The third kappa shape index (κ3) is 2.59. The number of hydrogen-bond donors (Lipinski definition) is 1. The Balaban J connectivity index is 2.16. The number of benzene rings is 1. The summed E-state index contributed by atoms with van der Waals surface area (Å²) in [5.74, 6) is -0.238. The fraction of sp³-hybridized carbons (Fsp3) is 0.333. The van der Waals surface area contributed by atoms with Crippen LogP contribution in [0.5, 0.6) is 5.75 Å². The van der Waals surface area contributed by atoms with Crippen molar-refractivity contribution in [1.82, 2.24) is 0 Å². The van der Waals surface area contributed by atoms with Crippen LogP contribution in [0.1, 0.15) is 32.4 Å². The molecule has 126 valence electrons. The van der Waals surface area contributed by atoms with Crippen molar-refractivity contribution in [3.63, 3.8) is 0 Å². The lowest BCUT2D eigenvalue weighted by atomic mass is 9.87. The van der Waals surface area contributed by atoms with Crippen LogP contribution in [-0.2, 0) is 9.53 Å². The molecular weight excluding hydrogens is 312 g/mol. The molecule has 3 rings (SSSR count). The van der Waals surface area contributed by atoms with Crippen molar-refractivity contribution in [3.8, 4) is 5.75 Å². The number of aliphatic hydroxyl groups excluding tert-OH is 1. The average Bonchev–Trinajstić information content (AvgIpc) is 2.49. The molecule has 2 unspecified atom stereocenters. The molecule has 0 saturated heterocycles. The quantitative estimate of drug-likeness (QED) is 0.517. The van der Waals surface area contributed by atoms with E-state index in [1.54, 1.807) is 32.0 Å². The second-order valence-electron chi connectivity index (χ2n) is 6.41. The summed E-state index contributed by atoms with van der Waals surface area (Å²) in [6, 6.07) is 6.33. The standard InChI is InChI=1S/C18H18O6/c1-9(2)17(21)23-16-14(20)13-11(24-18(16,3)4)7-5-10-6-8-12(19)22-15(10)13/h5-8,14,16,20H,1H2,2-4H3. The maximum atomic E-state index is 11.9. The Labute approximate surface area is 138 Å². The van der Waals surface area contributed by atoms with Gasteiger partial charge >= 0.3 is 11.6 Å². The summed E-state index contributed by atoms with van der Waals surface area (Å²) >= 11 is 0. The van der Waals surface area contributed by atoms with E-state index in [4.69, 9.17) is 13.9 Å². The summed E-state index contributed by atoms with van der Waals surface area (Å²) in [5, 5.41) is 11.5. The monoisotopic (exact) mass is 330 g/mol. The van der Waals surface area contributed by atoms with Gasteiger partial charge in [0.1, 0.15) is 23.0 Å². The Morgan fingerprint density at radius 3 is 2.62 bits per heavy atom. The molecule has 0 bridgehead atoms. The molecule has 1 aliphatic heterocycles. The summed E-state index contributed by atoms with van der Waals surface area (Å²) < 4.78 is 16.5. The minimum atomic E-state index is -1.21. The number of aliphatic hydroxyl groups is 1. The zero-order valence-corrected chi connectivity index (χ0v) is 13.7. The van der Waals surface area contributed by atoms with Crippen LogP contribution in [0, 0.1) is 0 Å². The second-order valence-corrected chi connectivity index (χ2v) is 6.41. The number of carbonyl (C=O) groups is 1. The lowest BCUT2D eigenvalue weighted by molar-refractivity contribution is -0.173. The molecule has 0 aliphatic carbocycles. The number of ether oxygens (including phenoxy) is 2. The SMILES string of the molecule is C=C(C)C(=O)OC1C(O)c2c(ccc3ccc(=O)oc23)OC1(C)C. The topological polar surface area (TPSA) is 86.0 Å². The van der Waals surface area contributed by atoms with E-state index in [1.807, 2.05) is 0 Å². The van der Waals surface area contributed by atoms with Crippen LogP contribution in [0.25, 0.3) is 11.0 Å². The summed E-state index contributed by atoms with van der Waals surface area (Å²) in [7, 11) is 0. The Morgan fingerprint density at radius 1 is 1.29 bits per heavy atom. The van der Waals surface area contributed by atoms with Crippen molar-refractivity contribution >= 4 is 16.9 Å². The summed E-state index contributed by atoms with van der Waals surface area (Å²) in [5.41, 5.74) is -0.777. The fourth-order valence-electron chi connectivity index (χ4n) is 2.80. The van der Waals surface area contributed by atoms with E-state index in [2.05, 4.69) is 6.58 Å². The molecule has 0 saturated carbocycles. The van der Waals surface area contributed by atoms with E-state index in [0.29, 0.717) is 16.7 Å². The lowest BCUT2D eigenvalue weighted by Crippen LogP contribution is -2.51. The van der Waals surface area contributed by atoms with Gasteiger partial charge in [0.25, 0.3) is 0 Å². The first kappa shape index (κ1) is 16.3. The first-order valence-electron chi connectivity index (χ1n) is 7.51. The molecule has 2 atom stereocenters. The highest BCUT2D eigenvalue weighted by atomic mass is 16.6. The Bertz CT molecular complexity index is 892. The van der Waals surface area contributed by atoms with Crippen molar-refractivity contribution in [2.75, 3.05) is 0 Å². The van der Waals surface area contributed by atoms with Crippen molar-refractivity contribution in [3.05, 3.63) is 52.4 Å². The van der Waals surface area contributed by atoms with Crippen LogP contribution < -0.4 is 10.4 Å². The smallest absolute Gasteiger partial charge is 0.336 e. The van der Waals surface area contributed by atoms with E-state index in [9.17, 15) is 14.7 Å². The van der Waals surface area contributed by atoms with Gasteiger partial charge in [0, 0.05) is 17.0 Å².